The van der Waals surface area contributed by atoms with E-state index in [-0.39, 0.29) is 29.4 Å². The first-order valence-corrected chi connectivity index (χ1v) is 6.47. The zero-order valence-electron chi connectivity index (χ0n) is 10.0. The van der Waals surface area contributed by atoms with E-state index >= 15 is 0 Å². The molecule has 0 unspecified atom stereocenters. The SMILES string of the molecule is O=C1[C@@H]2CC=C(Cl)C[C@H]2C(=O)N1c1cccc(O)c1. The first-order chi connectivity index (χ1) is 9.08. The average molecular weight is 278 g/mol. The highest BCUT2D eigenvalue weighted by molar-refractivity contribution is 6.30. The van der Waals surface area contributed by atoms with Crippen LogP contribution in [0.2, 0.25) is 0 Å². The highest BCUT2D eigenvalue weighted by Gasteiger charge is 2.48. The summed E-state index contributed by atoms with van der Waals surface area (Å²) in [5, 5.41) is 10.1. The van der Waals surface area contributed by atoms with Crippen LogP contribution in [0, 0.1) is 11.8 Å². The highest BCUT2D eigenvalue weighted by Crippen LogP contribution is 2.41. The highest BCUT2D eigenvalue weighted by atomic mass is 35.5. The molecular formula is C14H12ClNO3. The van der Waals surface area contributed by atoms with Crippen molar-refractivity contribution in [3.05, 3.63) is 35.4 Å². The molecular weight excluding hydrogens is 266 g/mol. The van der Waals surface area contributed by atoms with Gasteiger partial charge in [-0.15, -0.1) is 0 Å². The van der Waals surface area contributed by atoms with Crippen molar-refractivity contribution < 1.29 is 14.7 Å². The van der Waals surface area contributed by atoms with Crippen LogP contribution in [-0.4, -0.2) is 16.9 Å². The number of allylic oxidation sites excluding steroid dienone is 2. The number of phenols is 1. The molecule has 1 aliphatic carbocycles. The lowest BCUT2D eigenvalue weighted by atomic mass is 9.85. The van der Waals surface area contributed by atoms with Gasteiger partial charge in [-0.25, -0.2) is 4.90 Å². The fourth-order valence-corrected chi connectivity index (χ4v) is 2.97. The number of rotatable bonds is 1. The van der Waals surface area contributed by atoms with Gasteiger partial charge in [-0.3, -0.25) is 9.59 Å². The average Bonchev–Trinajstić information content (AvgIpc) is 2.61. The minimum Gasteiger partial charge on any atom is -0.508 e. The summed E-state index contributed by atoms with van der Waals surface area (Å²) in [6, 6.07) is 6.17. The standard InChI is InChI=1S/C14H12ClNO3/c15-8-4-5-11-12(6-8)14(19)16(13(11)18)9-2-1-3-10(17)7-9/h1-4,7,11-12,17H,5-6H2/t11-,12-/m1/s1. The van der Waals surface area contributed by atoms with Crippen molar-refractivity contribution in [1.29, 1.82) is 0 Å². The third-order valence-electron chi connectivity index (χ3n) is 3.66. The Morgan fingerprint density at radius 3 is 2.68 bits per heavy atom. The summed E-state index contributed by atoms with van der Waals surface area (Å²) < 4.78 is 0. The third kappa shape index (κ3) is 1.92. The Morgan fingerprint density at radius 1 is 1.21 bits per heavy atom. The minimum atomic E-state index is -0.368. The Hall–Kier alpha value is -1.81. The van der Waals surface area contributed by atoms with Gasteiger partial charge >= 0.3 is 0 Å². The molecule has 1 N–H and O–H groups in total. The fourth-order valence-electron chi connectivity index (χ4n) is 2.71. The second kappa shape index (κ2) is 4.38. The van der Waals surface area contributed by atoms with E-state index in [4.69, 9.17) is 11.6 Å². The van der Waals surface area contributed by atoms with Crippen molar-refractivity contribution in [3.63, 3.8) is 0 Å². The van der Waals surface area contributed by atoms with E-state index in [1.54, 1.807) is 18.2 Å². The van der Waals surface area contributed by atoms with Crippen LogP contribution in [0.3, 0.4) is 0 Å². The maximum absolute atomic E-state index is 12.3. The van der Waals surface area contributed by atoms with Gasteiger partial charge in [0.2, 0.25) is 11.8 Å². The number of imide groups is 1. The van der Waals surface area contributed by atoms with Crippen molar-refractivity contribution in [2.45, 2.75) is 12.8 Å². The molecule has 1 heterocycles. The number of hydrogen-bond donors (Lipinski definition) is 1. The summed E-state index contributed by atoms with van der Waals surface area (Å²) in [5.41, 5.74) is 0.417. The lowest BCUT2D eigenvalue weighted by Gasteiger charge is -2.17. The molecule has 4 nitrogen and oxygen atoms in total. The maximum atomic E-state index is 12.3. The van der Waals surface area contributed by atoms with Crippen LogP contribution in [0.5, 0.6) is 5.75 Å². The Balaban J connectivity index is 1.97. The number of anilines is 1. The Morgan fingerprint density at radius 2 is 1.95 bits per heavy atom. The third-order valence-corrected chi connectivity index (χ3v) is 3.97. The van der Waals surface area contributed by atoms with E-state index in [1.807, 2.05) is 0 Å². The molecule has 0 radical (unpaired) electrons. The first-order valence-electron chi connectivity index (χ1n) is 6.09. The van der Waals surface area contributed by atoms with E-state index < -0.39 is 0 Å². The number of amides is 2. The van der Waals surface area contributed by atoms with Gasteiger partial charge in [0.05, 0.1) is 17.5 Å². The van der Waals surface area contributed by atoms with Crippen LogP contribution in [0.25, 0.3) is 0 Å². The molecule has 3 rings (SSSR count). The summed E-state index contributed by atoms with van der Waals surface area (Å²) in [5.74, 6) is -1.10. The Labute approximate surface area is 115 Å². The molecule has 1 aromatic carbocycles. The van der Waals surface area contributed by atoms with Gasteiger partial charge in [-0.2, -0.15) is 0 Å². The number of nitrogens with zero attached hydrogens (tertiary/aromatic N) is 1. The lowest BCUT2D eigenvalue weighted by Crippen LogP contribution is -2.30. The van der Waals surface area contributed by atoms with Gasteiger partial charge in [-0.05, 0) is 25.0 Å². The number of benzene rings is 1. The van der Waals surface area contributed by atoms with Crippen LogP contribution in [-0.2, 0) is 9.59 Å². The van der Waals surface area contributed by atoms with Gasteiger partial charge < -0.3 is 5.11 Å². The van der Waals surface area contributed by atoms with Crippen molar-refractivity contribution in [2.75, 3.05) is 4.90 Å². The Kier molecular flexibility index (Phi) is 2.82. The number of fused-ring (bicyclic) bond motifs is 1. The van der Waals surface area contributed by atoms with E-state index in [0.29, 0.717) is 23.6 Å². The molecule has 0 spiro atoms. The van der Waals surface area contributed by atoms with Gasteiger partial charge in [0.25, 0.3) is 0 Å². The molecule has 1 aliphatic heterocycles. The van der Waals surface area contributed by atoms with Gasteiger partial charge in [-0.1, -0.05) is 23.7 Å². The number of halogens is 1. The predicted molar refractivity (Wildman–Crippen MR) is 70.7 cm³/mol. The number of phenolic OH excluding ortho intramolecular Hbond substituents is 1. The maximum Gasteiger partial charge on any atom is 0.238 e. The molecule has 0 bridgehead atoms. The molecule has 2 atom stereocenters. The van der Waals surface area contributed by atoms with Gasteiger partial charge in [0.1, 0.15) is 5.75 Å². The number of hydrogen-bond acceptors (Lipinski definition) is 3. The quantitative estimate of drug-likeness (QED) is 0.802. The molecule has 19 heavy (non-hydrogen) atoms. The monoisotopic (exact) mass is 277 g/mol. The van der Waals surface area contributed by atoms with E-state index in [9.17, 15) is 14.7 Å². The predicted octanol–water partition coefficient (Wildman–Crippen LogP) is 2.41. The summed E-state index contributed by atoms with van der Waals surface area (Å²) in [6.07, 6.45) is 2.73. The second-order valence-electron chi connectivity index (χ2n) is 4.84. The normalized spacial score (nSPS) is 26.4. The molecule has 0 saturated carbocycles. The van der Waals surface area contributed by atoms with Crippen LogP contribution >= 0.6 is 11.6 Å². The fraction of sp³-hybridized carbons (Fsp3) is 0.286. The largest absolute Gasteiger partial charge is 0.508 e. The minimum absolute atomic E-state index is 0.0316. The lowest BCUT2D eigenvalue weighted by molar-refractivity contribution is -0.122. The topological polar surface area (TPSA) is 57.6 Å². The van der Waals surface area contributed by atoms with Crippen molar-refractivity contribution in [3.8, 4) is 5.75 Å². The smallest absolute Gasteiger partial charge is 0.238 e. The summed E-state index contributed by atoms with van der Waals surface area (Å²) in [4.78, 5) is 25.8. The van der Waals surface area contributed by atoms with E-state index in [1.165, 1.54) is 17.0 Å². The number of aromatic hydroxyl groups is 1. The van der Waals surface area contributed by atoms with Crippen molar-refractivity contribution in [1.82, 2.24) is 0 Å². The molecule has 0 aromatic heterocycles. The van der Waals surface area contributed by atoms with E-state index in [0.717, 1.165) is 0 Å². The number of carbonyl (C=O) groups excluding carboxylic acids is 2. The molecule has 1 aromatic rings. The number of carbonyl (C=O) groups is 2. The summed E-state index contributed by atoms with van der Waals surface area (Å²) in [7, 11) is 0. The first kappa shape index (κ1) is 12.2. The molecule has 98 valence electrons. The molecule has 1 fully saturated rings. The zero-order valence-corrected chi connectivity index (χ0v) is 10.8. The molecule has 2 aliphatic rings. The summed E-state index contributed by atoms with van der Waals surface area (Å²) in [6.45, 7) is 0. The second-order valence-corrected chi connectivity index (χ2v) is 5.32. The van der Waals surface area contributed by atoms with Crippen molar-refractivity contribution >= 4 is 29.1 Å². The van der Waals surface area contributed by atoms with Crippen LogP contribution in [0.1, 0.15) is 12.8 Å². The van der Waals surface area contributed by atoms with Gasteiger partial charge in [0.15, 0.2) is 0 Å². The van der Waals surface area contributed by atoms with Crippen LogP contribution in [0.15, 0.2) is 35.4 Å². The van der Waals surface area contributed by atoms with Crippen LogP contribution in [0.4, 0.5) is 5.69 Å². The molecule has 5 heteroatoms. The summed E-state index contributed by atoms with van der Waals surface area (Å²) >= 11 is 5.95. The zero-order chi connectivity index (χ0) is 13.6. The Bertz CT molecular complexity index is 596. The molecule has 2 amide bonds. The van der Waals surface area contributed by atoms with E-state index in [2.05, 4.69) is 0 Å². The van der Waals surface area contributed by atoms with Crippen LogP contribution < -0.4 is 4.90 Å². The van der Waals surface area contributed by atoms with Crippen molar-refractivity contribution in [2.24, 2.45) is 11.8 Å². The molecule has 1 saturated heterocycles. The van der Waals surface area contributed by atoms with Gasteiger partial charge in [0, 0.05) is 11.1 Å².